The van der Waals surface area contributed by atoms with E-state index in [4.69, 9.17) is 4.74 Å². The van der Waals surface area contributed by atoms with E-state index in [0.717, 1.165) is 30.8 Å². The van der Waals surface area contributed by atoms with Crippen LogP contribution in [-0.2, 0) is 11.2 Å². The molecule has 1 aliphatic heterocycles. The third kappa shape index (κ3) is 3.40. The number of aryl methyl sites for hydroxylation is 1. The van der Waals surface area contributed by atoms with Crippen LogP contribution >= 0.6 is 0 Å². The van der Waals surface area contributed by atoms with Gasteiger partial charge in [0.1, 0.15) is 5.75 Å². The number of benzene rings is 1. The highest BCUT2D eigenvalue weighted by molar-refractivity contribution is 5.81. The highest BCUT2D eigenvalue weighted by Gasteiger charge is 2.19. The average Bonchev–Trinajstić information content (AvgIpc) is 2.38. The molecule has 1 amide bonds. The van der Waals surface area contributed by atoms with Crippen molar-refractivity contribution in [1.29, 1.82) is 0 Å². The molecule has 1 aromatic carbocycles. The van der Waals surface area contributed by atoms with E-state index in [0.29, 0.717) is 0 Å². The first kappa shape index (κ1) is 13.7. The SMILES string of the molecule is CC(C)NC(=O)C(C)Oc1cccc2c1NCCC2. The van der Waals surface area contributed by atoms with E-state index in [1.165, 1.54) is 5.56 Å². The zero-order valence-electron chi connectivity index (χ0n) is 11.8. The first-order valence-corrected chi connectivity index (χ1v) is 6.90. The number of anilines is 1. The van der Waals surface area contributed by atoms with Crippen LogP contribution in [0, 0.1) is 0 Å². The summed E-state index contributed by atoms with van der Waals surface area (Å²) in [4.78, 5) is 11.9. The lowest BCUT2D eigenvalue weighted by Crippen LogP contribution is -2.40. The molecule has 0 fully saturated rings. The Hall–Kier alpha value is -1.71. The maximum Gasteiger partial charge on any atom is 0.260 e. The number of amides is 1. The number of carbonyl (C=O) groups is 1. The third-order valence-electron chi connectivity index (χ3n) is 3.14. The Kier molecular flexibility index (Phi) is 4.30. The van der Waals surface area contributed by atoms with Gasteiger partial charge in [-0.3, -0.25) is 4.79 Å². The van der Waals surface area contributed by atoms with Gasteiger partial charge in [-0.1, -0.05) is 12.1 Å². The van der Waals surface area contributed by atoms with Gasteiger partial charge in [0.25, 0.3) is 5.91 Å². The lowest BCUT2D eigenvalue weighted by Gasteiger charge is -2.23. The molecule has 0 aliphatic carbocycles. The molecule has 104 valence electrons. The molecule has 0 radical (unpaired) electrons. The summed E-state index contributed by atoms with van der Waals surface area (Å²) in [6, 6.07) is 6.12. The summed E-state index contributed by atoms with van der Waals surface area (Å²) in [7, 11) is 0. The second-order valence-corrected chi connectivity index (χ2v) is 5.24. The Morgan fingerprint density at radius 2 is 2.16 bits per heavy atom. The summed E-state index contributed by atoms with van der Waals surface area (Å²) in [6.07, 6.45) is 1.71. The largest absolute Gasteiger partial charge is 0.479 e. The molecule has 2 N–H and O–H groups in total. The number of rotatable bonds is 4. The van der Waals surface area contributed by atoms with E-state index in [-0.39, 0.29) is 11.9 Å². The summed E-state index contributed by atoms with van der Waals surface area (Å²) in [5.74, 6) is 0.687. The number of para-hydroxylation sites is 1. The van der Waals surface area contributed by atoms with Gasteiger partial charge in [0.05, 0.1) is 5.69 Å². The van der Waals surface area contributed by atoms with Gasteiger partial charge in [-0.05, 0) is 45.2 Å². The van der Waals surface area contributed by atoms with Crippen molar-refractivity contribution in [2.75, 3.05) is 11.9 Å². The van der Waals surface area contributed by atoms with Gasteiger partial charge >= 0.3 is 0 Å². The molecule has 0 bridgehead atoms. The minimum absolute atomic E-state index is 0.0802. The number of hydrogen-bond acceptors (Lipinski definition) is 3. The van der Waals surface area contributed by atoms with Crippen molar-refractivity contribution in [2.24, 2.45) is 0 Å². The van der Waals surface area contributed by atoms with Crippen LogP contribution in [0.5, 0.6) is 5.75 Å². The van der Waals surface area contributed by atoms with Crippen LogP contribution in [0.25, 0.3) is 0 Å². The van der Waals surface area contributed by atoms with Gasteiger partial charge in [-0.2, -0.15) is 0 Å². The van der Waals surface area contributed by atoms with Gasteiger partial charge < -0.3 is 15.4 Å². The molecule has 1 aromatic rings. The van der Waals surface area contributed by atoms with Crippen LogP contribution in [0.3, 0.4) is 0 Å². The summed E-state index contributed by atoms with van der Waals surface area (Å²) >= 11 is 0. The Labute approximate surface area is 114 Å². The van der Waals surface area contributed by atoms with E-state index in [9.17, 15) is 4.79 Å². The molecular formula is C15H22N2O2. The molecule has 2 rings (SSSR count). The van der Waals surface area contributed by atoms with Crippen molar-refractivity contribution >= 4 is 11.6 Å². The molecule has 0 saturated carbocycles. The maximum absolute atomic E-state index is 11.9. The van der Waals surface area contributed by atoms with Gasteiger partial charge in [-0.15, -0.1) is 0 Å². The fourth-order valence-electron chi connectivity index (χ4n) is 2.22. The highest BCUT2D eigenvalue weighted by atomic mass is 16.5. The van der Waals surface area contributed by atoms with Crippen LogP contribution in [0.4, 0.5) is 5.69 Å². The number of nitrogens with one attached hydrogen (secondary N) is 2. The van der Waals surface area contributed by atoms with E-state index in [1.807, 2.05) is 26.0 Å². The predicted octanol–water partition coefficient (Wildman–Crippen LogP) is 2.34. The fraction of sp³-hybridized carbons (Fsp3) is 0.533. The molecule has 1 aliphatic rings. The van der Waals surface area contributed by atoms with Crippen LogP contribution in [0.15, 0.2) is 18.2 Å². The minimum atomic E-state index is -0.488. The maximum atomic E-state index is 11.9. The number of ether oxygens (including phenoxy) is 1. The summed E-state index contributed by atoms with van der Waals surface area (Å²) < 4.78 is 5.80. The quantitative estimate of drug-likeness (QED) is 0.875. The normalized spacial score (nSPS) is 15.4. The second-order valence-electron chi connectivity index (χ2n) is 5.24. The van der Waals surface area contributed by atoms with Crippen LogP contribution in [-0.4, -0.2) is 24.6 Å². The smallest absolute Gasteiger partial charge is 0.260 e. The Morgan fingerprint density at radius 1 is 1.37 bits per heavy atom. The van der Waals surface area contributed by atoms with Gasteiger partial charge in [-0.25, -0.2) is 0 Å². The Morgan fingerprint density at radius 3 is 2.89 bits per heavy atom. The van der Waals surface area contributed by atoms with E-state index in [2.05, 4.69) is 16.7 Å². The third-order valence-corrected chi connectivity index (χ3v) is 3.14. The molecular weight excluding hydrogens is 240 g/mol. The zero-order valence-corrected chi connectivity index (χ0v) is 11.8. The number of carbonyl (C=O) groups excluding carboxylic acids is 1. The first-order valence-electron chi connectivity index (χ1n) is 6.90. The minimum Gasteiger partial charge on any atom is -0.479 e. The standard InChI is InChI=1S/C15H22N2O2/c1-10(2)17-15(18)11(3)19-13-8-4-6-12-7-5-9-16-14(12)13/h4,6,8,10-11,16H,5,7,9H2,1-3H3,(H,17,18). The van der Waals surface area contributed by atoms with Crippen molar-refractivity contribution in [3.05, 3.63) is 23.8 Å². The van der Waals surface area contributed by atoms with Gasteiger partial charge in [0.15, 0.2) is 6.10 Å². The van der Waals surface area contributed by atoms with E-state index >= 15 is 0 Å². The van der Waals surface area contributed by atoms with Crippen molar-refractivity contribution in [3.8, 4) is 5.75 Å². The molecule has 1 heterocycles. The summed E-state index contributed by atoms with van der Waals surface area (Å²) in [5.41, 5.74) is 2.30. The van der Waals surface area contributed by atoms with Gasteiger partial charge in [0.2, 0.25) is 0 Å². The highest BCUT2D eigenvalue weighted by Crippen LogP contribution is 2.32. The summed E-state index contributed by atoms with van der Waals surface area (Å²) in [6.45, 7) is 6.62. The van der Waals surface area contributed by atoms with Crippen molar-refractivity contribution in [3.63, 3.8) is 0 Å². The van der Waals surface area contributed by atoms with Crippen LogP contribution in [0.2, 0.25) is 0 Å². The van der Waals surface area contributed by atoms with Crippen LogP contribution in [0.1, 0.15) is 32.8 Å². The lowest BCUT2D eigenvalue weighted by atomic mass is 10.0. The van der Waals surface area contributed by atoms with Crippen molar-refractivity contribution in [1.82, 2.24) is 5.32 Å². The molecule has 19 heavy (non-hydrogen) atoms. The van der Waals surface area contributed by atoms with E-state index < -0.39 is 6.10 Å². The second kappa shape index (κ2) is 5.95. The molecule has 4 heteroatoms. The average molecular weight is 262 g/mol. The van der Waals surface area contributed by atoms with E-state index in [1.54, 1.807) is 6.92 Å². The van der Waals surface area contributed by atoms with Crippen LogP contribution < -0.4 is 15.4 Å². The number of fused-ring (bicyclic) bond motifs is 1. The zero-order chi connectivity index (χ0) is 13.8. The molecule has 1 atom stereocenters. The molecule has 1 unspecified atom stereocenters. The summed E-state index contributed by atoms with van der Waals surface area (Å²) in [5, 5.41) is 6.22. The Bertz CT molecular complexity index is 457. The molecule has 4 nitrogen and oxygen atoms in total. The molecule has 0 saturated heterocycles. The first-order chi connectivity index (χ1) is 9.08. The number of hydrogen-bond donors (Lipinski definition) is 2. The predicted molar refractivity (Wildman–Crippen MR) is 76.6 cm³/mol. The Balaban J connectivity index is 2.08. The lowest BCUT2D eigenvalue weighted by molar-refractivity contribution is -0.127. The molecule has 0 aromatic heterocycles. The topological polar surface area (TPSA) is 50.4 Å². The van der Waals surface area contributed by atoms with Gasteiger partial charge in [0, 0.05) is 12.6 Å². The monoisotopic (exact) mass is 262 g/mol. The molecule has 0 spiro atoms. The van der Waals surface area contributed by atoms with Crippen molar-refractivity contribution < 1.29 is 9.53 Å². The fourth-order valence-corrected chi connectivity index (χ4v) is 2.22. The van der Waals surface area contributed by atoms with Crippen molar-refractivity contribution in [2.45, 2.75) is 45.8 Å².